The Balaban J connectivity index is 2.54. The van der Waals surface area contributed by atoms with Gasteiger partial charge in [-0.05, 0) is 32.9 Å². The second-order valence-corrected chi connectivity index (χ2v) is 3.43. The number of pyridine rings is 1. The minimum absolute atomic E-state index is 0.250. The summed E-state index contributed by atoms with van der Waals surface area (Å²) in [6.45, 7) is 7.62. The minimum atomic E-state index is 0.250. The Labute approximate surface area is 85.5 Å². The van der Waals surface area contributed by atoms with Gasteiger partial charge in [0.2, 0.25) is 0 Å². The number of nitrogens with zero attached hydrogens (tertiary/aromatic N) is 1. The summed E-state index contributed by atoms with van der Waals surface area (Å²) in [5.41, 5.74) is 2.07. The average Bonchev–Trinajstić information content (AvgIpc) is 2.16. The van der Waals surface area contributed by atoms with E-state index in [1.54, 1.807) is 6.20 Å². The van der Waals surface area contributed by atoms with Crippen LogP contribution in [0.5, 0.6) is 0 Å². The van der Waals surface area contributed by atoms with Gasteiger partial charge in [-0.15, -0.1) is 0 Å². The van der Waals surface area contributed by atoms with Gasteiger partial charge in [-0.1, -0.05) is 0 Å². The first-order chi connectivity index (χ1) is 6.72. The predicted molar refractivity (Wildman–Crippen MR) is 58.3 cm³/mol. The van der Waals surface area contributed by atoms with Crippen LogP contribution in [0.25, 0.3) is 0 Å². The molecule has 0 spiro atoms. The second-order valence-electron chi connectivity index (χ2n) is 3.43. The quantitative estimate of drug-likeness (QED) is 0.781. The molecule has 1 aromatic heterocycles. The summed E-state index contributed by atoms with van der Waals surface area (Å²) < 4.78 is 5.47. The molecule has 1 aromatic rings. The maximum absolute atomic E-state index is 5.47. The lowest BCUT2D eigenvalue weighted by atomic mass is 10.3. The highest BCUT2D eigenvalue weighted by Crippen LogP contribution is 2.08. The van der Waals surface area contributed by atoms with Gasteiger partial charge in [0.15, 0.2) is 0 Å². The molecule has 0 unspecified atom stereocenters. The van der Waals surface area contributed by atoms with E-state index in [1.807, 2.05) is 26.0 Å². The molecule has 3 heteroatoms. The molecule has 1 heterocycles. The molecule has 0 radical (unpaired) electrons. The third kappa shape index (κ3) is 3.75. The molecule has 0 atom stereocenters. The molecular weight excluding hydrogens is 176 g/mol. The van der Waals surface area contributed by atoms with Crippen molar-refractivity contribution in [2.75, 3.05) is 11.9 Å². The topological polar surface area (TPSA) is 34.2 Å². The lowest BCUT2D eigenvalue weighted by Crippen LogP contribution is -2.04. The summed E-state index contributed by atoms with van der Waals surface area (Å²) in [7, 11) is 0. The summed E-state index contributed by atoms with van der Waals surface area (Å²) >= 11 is 0. The Hall–Kier alpha value is -1.09. The molecular formula is C11H18N2O. The van der Waals surface area contributed by atoms with E-state index in [1.165, 1.54) is 0 Å². The van der Waals surface area contributed by atoms with Crippen molar-refractivity contribution in [2.45, 2.75) is 33.5 Å². The summed E-state index contributed by atoms with van der Waals surface area (Å²) in [6.07, 6.45) is 2.05. The summed E-state index contributed by atoms with van der Waals surface area (Å²) in [5, 5.41) is 3.24. The van der Waals surface area contributed by atoms with E-state index < -0.39 is 0 Å². The zero-order chi connectivity index (χ0) is 10.4. The number of hydrogen-bond acceptors (Lipinski definition) is 3. The van der Waals surface area contributed by atoms with Crippen molar-refractivity contribution in [3.63, 3.8) is 0 Å². The number of aromatic nitrogens is 1. The first kappa shape index (κ1) is 11.0. The molecule has 0 aliphatic rings. The van der Waals surface area contributed by atoms with Crippen LogP contribution >= 0.6 is 0 Å². The first-order valence-corrected chi connectivity index (χ1v) is 5.02. The van der Waals surface area contributed by atoms with Crippen LogP contribution in [0, 0.1) is 0 Å². The zero-order valence-electron chi connectivity index (χ0n) is 9.08. The second kappa shape index (κ2) is 5.60. The fraction of sp³-hybridized carbons (Fsp3) is 0.545. The molecule has 0 bridgehead atoms. The number of ether oxygens (including phenoxy) is 1. The summed E-state index contributed by atoms with van der Waals surface area (Å²) in [6, 6.07) is 3.98. The van der Waals surface area contributed by atoms with Gasteiger partial charge in [0.05, 0.1) is 18.4 Å². The van der Waals surface area contributed by atoms with Crippen LogP contribution in [0.2, 0.25) is 0 Å². The minimum Gasteiger partial charge on any atom is -0.385 e. The zero-order valence-corrected chi connectivity index (χ0v) is 9.08. The summed E-state index contributed by atoms with van der Waals surface area (Å²) in [4.78, 5) is 4.23. The highest BCUT2D eigenvalue weighted by molar-refractivity contribution is 5.42. The van der Waals surface area contributed by atoms with E-state index in [9.17, 15) is 0 Å². The number of nitrogens with one attached hydrogen (secondary N) is 1. The van der Waals surface area contributed by atoms with Gasteiger partial charge >= 0.3 is 0 Å². The van der Waals surface area contributed by atoms with Crippen molar-refractivity contribution < 1.29 is 4.74 Å². The average molecular weight is 194 g/mol. The van der Waals surface area contributed by atoms with Crippen LogP contribution in [0.4, 0.5) is 5.69 Å². The maximum atomic E-state index is 5.47. The molecule has 0 saturated carbocycles. The maximum Gasteiger partial charge on any atom is 0.0892 e. The number of anilines is 1. The lowest BCUT2D eigenvalue weighted by Gasteiger charge is -2.08. The Bertz CT molecular complexity index is 274. The Morgan fingerprint density at radius 1 is 1.50 bits per heavy atom. The van der Waals surface area contributed by atoms with Gasteiger partial charge in [-0.3, -0.25) is 4.98 Å². The smallest absolute Gasteiger partial charge is 0.0892 e. The van der Waals surface area contributed by atoms with Gasteiger partial charge < -0.3 is 10.1 Å². The summed E-state index contributed by atoms with van der Waals surface area (Å²) in [5.74, 6) is 0. The van der Waals surface area contributed by atoms with Crippen molar-refractivity contribution in [3.05, 3.63) is 24.0 Å². The fourth-order valence-electron chi connectivity index (χ4n) is 1.12. The number of rotatable bonds is 5. The third-order valence-electron chi connectivity index (χ3n) is 1.76. The van der Waals surface area contributed by atoms with Gasteiger partial charge in [0, 0.05) is 18.4 Å². The largest absolute Gasteiger partial charge is 0.385 e. The standard InChI is InChI=1S/C11H18N2O/c1-4-12-10-5-6-13-11(7-10)8-14-9(2)3/h5-7,9H,4,8H2,1-3H3,(H,12,13). The highest BCUT2D eigenvalue weighted by atomic mass is 16.5. The van der Waals surface area contributed by atoms with Crippen molar-refractivity contribution in [3.8, 4) is 0 Å². The normalized spacial score (nSPS) is 10.6. The van der Waals surface area contributed by atoms with Crippen molar-refractivity contribution >= 4 is 5.69 Å². The monoisotopic (exact) mass is 194 g/mol. The highest BCUT2D eigenvalue weighted by Gasteiger charge is 1.98. The molecule has 0 fully saturated rings. The van der Waals surface area contributed by atoms with Crippen molar-refractivity contribution in [2.24, 2.45) is 0 Å². The molecule has 0 amide bonds. The van der Waals surface area contributed by atoms with Crippen LogP contribution < -0.4 is 5.32 Å². The Kier molecular flexibility index (Phi) is 4.40. The van der Waals surface area contributed by atoms with Gasteiger partial charge in [-0.2, -0.15) is 0 Å². The van der Waals surface area contributed by atoms with Crippen molar-refractivity contribution in [1.29, 1.82) is 0 Å². The molecule has 0 aliphatic carbocycles. The van der Waals surface area contributed by atoms with Gasteiger partial charge in [0.1, 0.15) is 0 Å². The molecule has 3 nitrogen and oxygen atoms in total. The van der Waals surface area contributed by atoms with E-state index in [0.717, 1.165) is 17.9 Å². The molecule has 0 saturated heterocycles. The van der Waals surface area contributed by atoms with Crippen molar-refractivity contribution in [1.82, 2.24) is 4.98 Å². The Morgan fingerprint density at radius 2 is 2.29 bits per heavy atom. The first-order valence-electron chi connectivity index (χ1n) is 5.02. The lowest BCUT2D eigenvalue weighted by molar-refractivity contribution is 0.0636. The van der Waals surface area contributed by atoms with E-state index in [0.29, 0.717) is 6.61 Å². The van der Waals surface area contributed by atoms with Crippen LogP contribution in [-0.2, 0) is 11.3 Å². The Morgan fingerprint density at radius 3 is 2.93 bits per heavy atom. The fourth-order valence-corrected chi connectivity index (χ4v) is 1.12. The van der Waals surface area contributed by atoms with E-state index in [2.05, 4.69) is 17.2 Å². The molecule has 78 valence electrons. The van der Waals surface area contributed by atoms with E-state index >= 15 is 0 Å². The predicted octanol–water partition coefficient (Wildman–Crippen LogP) is 2.44. The molecule has 1 rings (SSSR count). The number of hydrogen-bond donors (Lipinski definition) is 1. The van der Waals surface area contributed by atoms with E-state index in [-0.39, 0.29) is 6.10 Å². The van der Waals surface area contributed by atoms with Crippen LogP contribution in [-0.4, -0.2) is 17.6 Å². The van der Waals surface area contributed by atoms with Gasteiger partial charge in [-0.25, -0.2) is 0 Å². The van der Waals surface area contributed by atoms with Crippen LogP contribution in [0.1, 0.15) is 26.5 Å². The van der Waals surface area contributed by atoms with Crippen LogP contribution in [0.3, 0.4) is 0 Å². The molecule has 0 aromatic carbocycles. The van der Waals surface area contributed by atoms with E-state index in [4.69, 9.17) is 4.74 Å². The third-order valence-corrected chi connectivity index (χ3v) is 1.76. The van der Waals surface area contributed by atoms with Gasteiger partial charge in [0.25, 0.3) is 0 Å². The molecule has 1 N–H and O–H groups in total. The SMILES string of the molecule is CCNc1ccnc(COC(C)C)c1. The van der Waals surface area contributed by atoms with Crippen LogP contribution in [0.15, 0.2) is 18.3 Å². The molecule has 0 aliphatic heterocycles. The molecule has 14 heavy (non-hydrogen) atoms.